The van der Waals surface area contributed by atoms with Crippen LogP contribution in [0.2, 0.25) is 15.1 Å². The van der Waals surface area contributed by atoms with Crippen LogP contribution in [0.3, 0.4) is 0 Å². The highest BCUT2D eigenvalue weighted by atomic mass is 35.5. The van der Waals surface area contributed by atoms with Crippen molar-refractivity contribution in [2.75, 3.05) is 5.43 Å². The number of carbonyl (C=O) groups excluding carboxylic acids is 1. The van der Waals surface area contributed by atoms with Crippen LogP contribution in [0.25, 0.3) is 0 Å². The van der Waals surface area contributed by atoms with E-state index in [9.17, 15) is 4.79 Å². The molecular weight excluding hydrogens is 321 g/mol. The van der Waals surface area contributed by atoms with Gasteiger partial charge in [-0.1, -0.05) is 40.9 Å². The number of nitrogens with zero attached hydrogens (tertiary/aromatic N) is 1. The first-order valence-corrected chi connectivity index (χ1v) is 6.75. The Kier molecular flexibility index (Phi) is 4.70. The molecule has 0 aliphatic heterocycles. The van der Waals surface area contributed by atoms with E-state index in [1.807, 2.05) is 0 Å². The van der Waals surface area contributed by atoms with Gasteiger partial charge in [0.2, 0.25) is 0 Å². The molecule has 7 heteroatoms. The van der Waals surface area contributed by atoms with Crippen LogP contribution in [0.5, 0.6) is 0 Å². The van der Waals surface area contributed by atoms with Crippen LogP contribution in [0.1, 0.15) is 16.2 Å². The van der Waals surface area contributed by atoms with Crippen molar-refractivity contribution in [1.82, 2.24) is 10.4 Å². The monoisotopic (exact) mass is 329 g/mol. The Balaban J connectivity index is 2.11. The standard InChI is InChI=1S/C13H10Cl3N3O/c1-7-3-2-4-11(17-7)13(20)19-18-12-9(15)5-8(14)6-10(12)16/h2-6,18H,1H3,(H,19,20). The lowest BCUT2D eigenvalue weighted by Gasteiger charge is -2.12. The third-order valence-corrected chi connectivity index (χ3v) is 3.24. The zero-order chi connectivity index (χ0) is 14.7. The summed E-state index contributed by atoms with van der Waals surface area (Å²) in [5.74, 6) is -0.393. The van der Waals surface area contributed by atoms with Gasteiger partial charge in [0, 0.05) is 10.7 Å². The quantitative estimate of drug-likeness (QED) is 0.833. The summed E-state index contributed by atoms with van der Waals surface area (Å²) in [5.41, 5.74) is 6.56. The van der Waals surface area contributed by atoms with E-state index >= 15 is 0 Å². The Morgan fingerprint density at radius 3 is 2.40 bits per heavy atom. The van der Waals surface area contributed by atoms with E-state index in [4.69, 9.17) is 34.8 Å². The van der Waals surface area contributed by atoms with Crippen LogP contribution >= 0.6 is 34.8 Å². The van der Waals surface area contributed by atoms with Crippen LogP contribution in [0, 0.1) is 6.92 Å². The van der Waals surface area contributed by atoms with Crippen molar-refractivity contribution in [2.24, 2.45) is 0 Å². The van der Waals surface area contributed by atoms with E-state index in [0.717, 1.165) is 5.69 Å². The number of halogens is 3. The number of carbonyl (C=O) groups is 1. The molecule has 104 valence electrons. The first-order chi connectivity index (χ1) is 9.47. The molecule has 0 aliphatic rings. The third kappa shape index (κ3) is 3.54. The minimum atomic E-state index is -0.393. The summed E-state index contributed by atoms with van der Waals surface area (Å²) < 4.78 is 0. The van der Waals surface area contributed by atoms with Crippen molar-refractivity contribution in [1.29, 1.82) is 0 Å². The number of rotatable bonds is 3. The summed E-state index contributed by atoms with van der Waals surface area (Å²) >= 11 is 17.8. The smallest absolute Gasteiger partial charge is 0.288 e. The minimum Gasteiger partial charge on any atom is -0.295 e. The topological polar surface area (TPSA) is 54.0 Å². The molecule has 4 nitrogen and oxygen atoms in total. The maximum absolute atomic E-state index is 11.9. The Bertz CT molecular complexity index is 638. The predicted octanol–water partition coefficient (Wildman–Crippen LogP) is 4.11. The number of hydrazine groups is 1. The van der Waals surface area contributed by atoms with E-state index in [1.54, 1.807) is 25.1 Å². The van der Waals surface area contributed by atoms with Crippen LogP contribution < -0.4 is 10.9 Å². The number of aromatic nitrogens is 1. The van der Waals surface area contributed by atoms with Crippen molar-refractivity contribution in [3.8, 4) is 0 Å². The Labute approximate surface area is 131 Å². The number of hydrogen-bond donors (Lipinski definition) is 2. The Morgan fingerprint density at radius 2 is 1.80 bits per heavy atom. The molecule has 20 heavy (non-hydrogen) atoms. The molecular formula is C13H10Cl3N3O. The molecule has 0 aliphatic carbocycles. The van der Waals surface area contributed by atoms with Gasteiger partial charge in [-0.05, 0) is 31.2 Å². The van der Waals surface area contributed by atoms with Gasteiger partial charge in [0.05, 0.1) is 15.7 Å². The first-order valence-electron chi connectivity index (χ1n) is 5.62. The number of benzene rings is 1. The van der Waals surface area contributed by atoms with Crippen LogP contribution in [-0.4, -0.2) is 10.9 Å². The van der Waals surface area contributed by atoms with Crippen molar-refractivity contribution >= 4 is 46.4 Å². The molecule has 1 heterocycles. The highest BCUT2D eigenvalue weighted by Crippen LogP contribution is 2.33. The SMILES string of the molecule is Cc1cccc(C(=O)NNc2c(Cl)cc(Cl)cc2Cl)n1. The highest BCUT2D eigenvalue weighted by molar-refractivity contribution is 6.41. The van der Waals surface area contributed by atoms with Gasteiger partial charge in [0.25, 0.3) is 5.91 Å². The molecule has 1 amide bonds. The number of nitrogens with one attached hydrogen (secondary N) is 2. The molecule has 0 saturated carbocycles. The van der Waals surface area contributed by atoms with Gasteiger partial charge in [-0.2, -0.15) is 0 Å². The molecule has 2 N–H and O–H groups in total. The number of pyridine rings is 1. The van der Waals surface area contributed by atoms with Crippen molar-refractivity contribution in [3.63, 3.8) is 0 Å². The molecule has 2 rings (SSSR count). The molecule has 0 saturated heterocycles. The summed E-state index contributed by atoms with van der Waals surface area (Å²) in [6.07, 6.45) is 0. The van der Waals surface area contributed by atoms with Crippen molar-refractivity contribution in [3.05, 3.63) is 56.8 Å². The summed E-state index contributed by atoms with van der Waals surface area (Å²) in [4.78, 5) is 16.0. The zero-order valence-electron chi connectivity index (χ0n) is 10.4. The average Bonchev–Trinajstić information content (AvgIpc) is 2.37. The Morgan fingerprint density at radius 1 is 1.15 bits per heavy atom. The van der Waals surface area contributed by atoms with Gasteiger partial charge in [-0.25, -0.2) is 4.98 Å². The lowest BCUT2D eigenvalue weighted by Crippen LogP contribution is -2.30. The van der Waals surface area contributed by atoms with Crippen molar-refractivity contribution < 1.29 is 4.79 Å². The molecule has 0 unspecified atom stereocenters. The largest absolute Gasteiger partial charge is 0.295 e. The first kappa shape index (κ1) is 14.9. The second-order valence-electron chi connectivity index (χ2n) is 3.99. The van der Waals surface area contributed by atoms with Gasteiger partial charge >= 0.3 is 0 Å². The van der Waals surface area contributed by atoms with E-state index in [2.05, 4.69) is 15.8 Å². The molecule has 1 aromatic heterocycles. The number of anilines is 1. The Hall–Kier alpha value is -1.49. The highest BCUT2D eigenvalue weighted by Gasteiger charge is 2.11. The van der Waals surface area contributed by atoms with Crippen LogP contribution in [0.4, 0.5) is 5.69 Å². The van der Waals surface area contributed by atoms with Gasteiger partial charge in [0.15, 0.2) is 0 Å². The average molecular weight is 331 g/mol. The minimum absolute atomic E-state index is 0.290. The fraction of sp³-hybridized carbons (Fsp3) is 0.0769. The summed E-state index contributed by atoms with van der Waals surface area (Å²) in [5, 5.41) is 1.03. The lowest BCUT2D eigenvalue weighted by molar-refractivity contribution is 0.0957. The number of amides is 1. The van der Waals surface area contributed by atoms with Gasteiger partial charge in [0.1, 0.15) is 5.69 Å². The van der Waals surface area contributed by atoms with E-state index in [0.29, 0.717) is 26.4 Å². The molecule has 0 atom stereocenters. The third-order valence-electron chi connectivity index (χ3n) is 2.43. The van der Waals surface area contributed by atoms with Gasteiger partial charge in [-0.15, -0.1) is 0 Å². The van der Waals surface area contributed by atoms with E-state index < -0.39 is 5.91 Å². The fourth-order valence-electron chi connectivity index (χ4n) is 1.51. The molecule has 1 aromatic carbocycles. The van der Waals surface area contributed by atoms with E-state index in [-0.39, 0.29) is 0 Å². The lowest BCUT2D eigenvalue weighted by atomic mass is 10.3. The molecule has 0 fully saturated rings. The summed E-state index contributed by atoms with van der Waals surface area (Å²) in [6, 6.07) is 8.20. The van der Waals surface area contributed by atoms with E-state index in [1.165, 1.54) is 12.1 Å². The molecule has 0 spiro atoms. The maximum atomic E-state index is 11.9. The number of aryl methyl sites for hydroxylation is 1. The van der Waals surface area contributed by atoms with Crippen LogP contribution in [0.15, 0.2) is 30.3 Å². The normalized spacial score (nSPS) is 10.2. The maximum Gasteiger partial charge on any atom is 0.288 e. The second-order valence-corrected chi connectivity index (χ2v) is 5.24. The molecule has 0 radical (unpaired) electrons. The van der Waals surface area contributed by atoms with Gasteiger partial charge in [-0.3, -0.25) is 15.6 Å². The van der Waals surface area contributed by atoms with Crippen LogP contribution in [-0.2, 0) is 0 Å². The summed E-state index contributed by atoms with van der Waals surface area (Å²) in [6.45, 7) is 1.80. The number of hydrogen-bond acceptors (Lipinski definition) is 3. The molecule has 2 aromatic rings. The second kappa shape index (κ2) is 6.31. The van der Waals surface area contributed by atoms with Gasteiger partial charge < -0.3 is 0 Å². The predicted molar refractivity (Wildman–Crippen MR) is 81.5 cm³/mol. The summed E-state index contributed by atoms with van der Waals surface area (Å²) in [7, 11) is 0. The van der Waals surface area contributed by atoms with Crippen molar-refractivity contribution in [2.45, 2.75) is 6.92 Å². The zero-order valence-corrected chi connectivity index (χ0v) is 12.6. The fourth-order valence-corrected chi connectivity index (χ4v) is 2.43. The molecule has 0 bridgehead atoms.